The molecule has 1 aromatic rings. The van der Waals surface area contributed by atoms with Crippen molar-refractivity contribution in [2.24, 2.45) is 0 Å². The standard InChI is InChI=1S/C23H34N4O4S/c1-17(22(28)25-23(29)24-20-8-3-2-4-9-20)26-12-14-27(15-13-26)32(30,31)21-11-10-18-6-5-7-19(18)16-21/h10-11,16-17,20H,2-9,12-15H2,1H3,(H2,24,25,28,29). The minimum Gasteiger partial charge on any atom is -0.335 e. The molecule has 2 aliphatic carbocycles. The van der Waals surface area contributed by atoms with Crippen molar-refractivity contribution in [2.75, 3.05) is 26.2 Å². The molecular weight excluding hydrogens is 428 g/mol. The van der Waals surface area contributed by atoms with Gasteiger partial charge in [-0.2, -0.15) is 4.31 Å². The van der Waals surface area contributed by atoms with E-state index in [1.54, 1.807) is 13.0 Å². The molecule has 1 saturated carbocycles. The van der Waals surface area contributed by atoms with Crippen LogP contribution in [-0.2, 0) is 27.7 Å². The Balaban J connectivity index is 1.28. The average Bonchev–Trinajstić information content (AvgIpc) is 3.27. The lowest BCUT2D eigenvalue weighted by Crippen LogP contribution is -2.56. The molecule has 1 heterocycles. The highest BCUT2D eigenvalue weighted by Gasteiger charge is 2.33. The lowest BCUT2D eigenvalue weighted by molar-refractivity contribution is -0.125. The van der Waals surface area contributed by atoms with Gasteiger partial charge in [-0.1, -0.05) is 25.3 Å². The number of rotatable bonds is 5. The molecule has 1 atom stereocenters. The summed E-state index contributed by atoms with van der Waals surface area (Å²) in [5.41, 5.74) is 2.39. The molecule has 9 heteroatoms. The fourth-order valence-corrected chi connectivity index (χ4v) is 6.51. The number of hydrogen-bond donors (Lipinski definition) is 2. The van der Waals surface area contributed by atoms with Crippen molar-refractivity contribution in [3.63, 3.8) is 0 Å². The number of carbonyl (C=O) groups excluding carboxylic acids is 2. The Labute approximate surface area is 190 Å². The normalized spacial score (nSPS) is 21.7. The first kappa shape index (κ1) is 23.2. The molecule has 0 aromatic heterocycles. The molecule has 0 bridgehead atoms. The third-order valence-corrected chi connectivity index (χ3v) is 8.98. The lowest BCUT2D eigenvalue weighted by Gasteiger charge is -2.36. The van der Waals surface area contributed by atoms with Crippen molar-refractivity contribution >= 4 is 22.0 Å². The molecule has 4 rings (SSSR count). The van der Waals surface area contributed by atoms with Crippen molar-refractivity contribution in [2.45, 2.75) is 75.3 Å². The SMILES string of the molecule is CC(C(=O)NC(=O)NC1CCCCC1)N1CCN(S(=O)(=O)c2ccc3c(c2)CCC3)CC1. The maximum Gasteiger partial charge on any atom is 0.321 e. The number of carbonyl (C=O) groups is 2. The Kier molecular flexibility index (Phi) is 7.17. The van der Waals surface area contributed by atoms with Crippen LogP contribution in [0.25, 0.3) is 0 Å². The molecule has 176 valence electrons. The number of fused-ring (bicyclic) bond motifs is 1. The van der Waals surface area contributed by atoms with E-state index in [-0.39, 0.29) is 11.9 Å². The van der Waals surface area contributed by atoms with E-state index in [0.717, 1.165) is 50.5 Å². The third kappa shape index (κ3) is 5.15. The topological polar surface area (TPSA) is 98.8 Å². The van der Waals surface area contributed by atoms with Crippen LogP contribution in [0.4, 0.5) is 4.79 Å². The first-order valence-corrected chi connectivity index (χ1v) is 13.3. The van der Waals surface area contributed by atoms with Gasteiger partial charge in [0, 0.05) is 32.2 Å². The highest BCUT2D eigenvalue weighted by molar-refractivity contribution is 7.89. The molecule has 1 aromatic carbocycles. The molecule has 3 aliphatic rings. The van der Waals surface area contributed by atoms with E-state index in [4.69, 9.17) is 0 Å². The molecule has 8 nitrogen and oxygen atoms in total. The summed E-state index contributed by atoms with van der Waals surface area (Å²) in [5, 5.41) is 5.35. The number of sulfonamides is 1. The van der Waals surface area contributed by atoms with E-state index in [1.807, 2.05) is 17.0 Å². The van der Waals surface area contributed by atoms with Gasteiger partial charge in [0.05, 0.1) is 10.9 Å². The summed E-state index contributed by atoms with van der Waals surface area (Å²) in [6, 6.07) is 4.68. The van der Waals surface area contributed by atoms with Crippen molar-refractivity contribution in [1.82, 2.24) is 19.8 Å². The number of nitrogens with zero attached hydrogens (tertiary/aromatic N) is 2. The Bertz CT molecular complexity index is 951. The summed E-state index contributed by atoms with van der Waals surface area (Å²) >= 11 is 0. The Morgan fingerprint density at radius 3 is 2.38 bits per heavy atom. The summed E-state index contributed by atoms with van der Waals surface area (Å²) in [7, 11) is -3.55. The van der Waals surface area contributed by atoms with Crippen LogP contribution in [0.15, 0.2) is 23.1 Å². The zero-order valence-electron chi connectivity index (χ0n) is 18.8. The van der Waals surface area contributed by atoms with Crippen LogP contribution in [0.3, 0.4) is 0 Å². The van der Waals surface area contributed by atoms with Crippen molar-refractivity contribution in [3.05, 3.63) is 29.3 Å². The first-order chi connectivity index (χ1) is 15.3. The van der Waals surface area contributed by atoms with Gasteiger partial charge in [0.2, 0.25) is 15.9 Å². The second kappa shape index (κ2) is 9.89. The monoisotopic (exact) mass is 462 g/mol. The summed E-state index contributed by atoms with van der Waals surface area (Å²) in [6.45, 7) is 3.30. The number of amides is 3. The van der Waals surface area contributed by atoms with Crippen LogP contribution in [-0.4, -0.2) is 67.8 Å². The van der Waals surface area contributed by atoms with Crippen molar-refractivity contribution in [3.8, 4) is 0 Å². The van der Waals surface area contributed by atoms with Gasteiger partial charge >= 0.3 is 6.03 Å². The molecule has 1 aliphatic heterocycles. The van der Waals surface area contributed by atoms with Gasteiger partial charge in [-0.25, -0.2) is 13.2 Å². The quantitative estimate of drug-likeness (QED) is 0.698. The van der Waals surface area contributed by atoms with Gasteiger partial charge in [-0.05, 0) is 62.3 Å². The molecule has 0 spiro atoms. The van der Waals surface area contributed by atoms with E-state index >= 15 is 0 Å². The number of hydrogen-bond acceptors (Lipinski definition) is 5. The van der Waals surface area contributed by atoms with E-state index < -0.39 is 22.1 Å². The number of aryl methyl sites for hydroxylation is 2. The maximum absolute atomic E-state index is 13.1. The van der Waals surface area contributed by atoms with Crippen molar-refractivity contribution in [1.29, 1.82) is 0 Å². The van der Waals surface area contributed by atoms with Gasteiger partial charge < -0.3 is 5.32 Å². The molecular formula is C23H34N4O4S. The molecule has 1 unspecified atom stereocenters. The second-order valence-electron chi connectivity index (χ2n) is 9.20. The second-order valence-corrected chi connectivity index (χ2v) is 11.1. The van der Waals surface area contributed by atoms with Crippen molar-refractivity contribution < 1.29 is 18.0 Å². The first-order valence-electron chi connectivity index (χ1n) is 11.8. The van der Waals surface area contributed by atoms with E-state index in [0.29, 0.717) is 31.1 Å². The van der Waals surface area contributed by atoms with Crippen LogP contribution in [0, 0.1) is 0 Å². The number of benzene rings is 1. The lowest BCUT2D eigenvalue weighted by atomic mass is 9.96. The average molecular weight is 463 g/mol. The number of urea groups is 1. The van der Waals surface area contributed by atoms with Gasteiger partial charge in [0.25, 0.3) is 0 Å². The fourth-order valence-electron chi connectivity index (χ4n) is 5.04. The largest absolute Gasteiger partial charge is 0.335 e. The van der Waals surface area contributed by atoms with Crippen LogP contribution in [0.1, 0.15) is 56.6 Å². The Morgan fingerprint density at radius 2 is 1.66 bits per heavy atom. The summed E-state index contributed by atoms with van der Waals surface area (Å²) in [5.74, 6) is -0.353. The highest BCUT2D eigenvalue weighted by atomic mass is 32.2. The third-order valence-electron chi connectivity index (χ3n) is 7.09. The zero-order valence-corrected chi connectivity index (χ0v) is 19.6. The van der Waals surface area contributed by atoms with E-state index in [2.05, 4.69) is 10.6 Å². The minimum atomic E-state index is -3.55. The van der Waals surface area contributed by atoms with E-state index in [1.165, 1.54) is 16.3 Å². The number of piperazine rings is 1. The number of imide groups is 1. The van der Waals surface area contributed by atoms with Crippen LogP contribution in [0.5, 0.6) is 0 Å². The van der Waals surface area contributed by atoms with Gasteiger partial charge in [-0.3, -0.25) is 15.0 Å². The van der Waals surface area contributed by atoms with E-state index in [9.17, 15) is 18.0 Å². The smallest absolute Gasteiger partial charge is 0.321 e. The minimum absolute atomic E-state index is 0.139. The Hall–Kier alpha value is -1.97. The molecule has 32 heavy (non-hydrogen) atoms. The molecule has 0 radical (unpaired) electrons. The Morgan fingerprint density at radius 1 is 0.969 bits per heavy atom. The van der Waals surface area contributed by atoms with Crippen LogP contribution >= 0.6 is 0 Å². The van der Waals surface area contributed by atoms with Crippen LogP contribution in [0.2, 0.25) is 0 Å². The predicted octanol–water partition coefficient (Wildman–Crippen LogP) is 2.03. The predicted molar refractivity (Wildman–Crippen MR) is 122 cm³/mol. The molecule has 3 amide bonds. The van der Waals surface area contributed by atoms with Crippen LogP contribution < -0.4 is 10.6 Å². The molecule has 2 N–H and O–H groups in total. The maximum atomic E-state index is 13.1. The molecule has 2 fully saturated rings. The highest BCUT2D eigenvalue weighted by Crippen LogP contribution is 2.27. The number of nitrogens with one attached hydrogen (secondary N) is 2. The van der Waals surface area contributed by atoms with Gasteiger partial charge in [0.15, 0.2) is 0 Å². The summed E-state index contributed by atoms with van der Waals surface area (Å²) in [4.78, 5) is 27.0. The fraction of sp³-hybridized carbons (Fsp3) is 0.652. The summed E-state index contributed by atoms with van der Waals surface area (Å²) in [6.07, 6.45) is 8.36. The zero-order chi connectivity index (χ0) is 22.7. The van der Waals surface area contributed by atoms with Gasteiger partial charge in [0.1, 0.15) is 0 Å². The molecule has 1 saturated heterocycles. The van der Waals surface area contributed by atoms with Gasteiger partial charge in [-0.15, -0.1) is 0 Å². The summed E-state index contributed by atoms with van der Waals surface area (Å²) < 4.78 is 27.7.